The minimum Gasteiger partial charge on any atom is -0.338 e. The lowest BCUT2D eigenvalue weighted by molar-refractivity contribution is 0.0753. The second-order valence-electron chi connectivity index (χ2n) is 3.51. The summed E-state index contributed by atoms with van der Waals surface area (Å²) in [5.74, 6) is -0.106. The zero-order valence-corrected chi connectivity index (χ0v) is 12.2. The number of rotatable bonds is 4. The largest absolute Gasteiger partial charge is 0.338 e. The van der Waals surface area contributed by atoms with Crippen molar-refractivity contribution in [2.45, 2.75) is 13.8 Å². The van der Waals surface area contributed by atoms with E-state index in [1.54, 1.807) is 16.2 Å². The van der Waals surface area contributed by atoms with E-state index in [1.807, 2.05) is 25.3 Å². The number of halogens is 1. The molecule has 1 aromatic rings. The van der Waals surface area contributed by atoms with E-state index in [0.29, 0.717) is 13.1 Å². The first kappa shape index (κ1) is 13.5. The highest BCUT2D eigenvalue weighted by Crippen LogP contribution is 2.18. The average Bonchev–Trinajstić information content (AvgIpc) is 2.71. The Balaban J connectivity index is 2.74. The molecule has 0 fully saturated rings. The van der Waals surface area contributed by atoms with E-state index in [0.717, 1.165) is 8.45 Å². The molecule has 0 aromatic carbocycles. The van der Waals surface area contributed by atoms with Crippen LogP contribution >= 0.6 is 33.9 Å². The standard InChI is InChI=1S/C11H13IN2OS/c1-3-14(6-8(2)5-13)11(15)9-4-10(12)16-7-9/h4,7-8H,3,6H2,1-2H3/t8-/m0/s1. The highest BCUT2D eigenvalue weighted by molar-refractivity contribution is 14.1. The minimum absolute atomic E-state index is 0.0174. The second kappa shape index (κ2) is 6.21. The molecule has 0 saturated carbocycles. The molecule has 1 heterocycles. The van der Waals surface area contributed by atoms with Crippen LogP contribution in [-0.2, 0) is 0 Å². The topological polar surface area (TPSA) is 44.1 Å². The molecule has 0 spiro atoms. The molecular weight excluding hydrogens is 335 g/mol. The van der Waals surface area contributed by atoms with Crippen molar-refractivity contribution in [3.63, 3.8) is 0 Å². The van der Waals surface area contributed by atoms with Gasteiger partial charge in [-0.1, -0.05) is 0 Å². The summed E-state index contributed by atoms with van der Waals surface area (Å²) in [5.41, 5.74) is 0.724. The van der Waals surface area contributed by atoms with Gasteiger partial charge in [0.05, 0.1) is 20.4 Å². The van der Waals surface area contributed by atoms with Crippen molar-refractivity contribution in [3.05, 3.63) is 19.9 Å². The fraction of sp³-hybridized carbons (Fsp3) is 0.455. The van der Waals surface area contributed by atoms with Crippen molar-refractivity contribution in [2.75, 3.05) is 13.1 Å². The van der Waals surface area contributed by atoms with Gasteiger partial charge < -0.3 is 4.90 Å². The van der Waals surface area contributed by atoms with Crippen LogP contribution in [0.1, 0.15) is 24.2 Å². The fourth-order valence-corrected chi connectivity index (χ4v) is 2.65. The lowest BCUT2D eigenvalue weighted by Gasteiger charge is -2.21. The molecule has 86 valence electrons. The second-order valence-corrected chi connectivity index (χ2v) is 6.32. The van der Waals surface area contributed by atoms with Gasteiger partial charge in [-0.05, 0) is 42.5 Å². The summed E-state index contributed by atoms with van der Waals surface area (Å²) in [7, 11) is 0. The van der Waals surface area contributed by atoms with Crippen LogP contribution in [0.25, 0.3) is 0 Å². The summed E-state index contributed by atoms with van der Waals surface area (Å²) in [6.07, 6.45) is 0. The molecule has 0 aliphatic rings. The molecule has 1 rings (SSSR count). The highest BCUT2D eigenvalue weighted by atomic mass is 127. The Hall–Kier alpha value is -0.610. The van der Waals surface area contributed by atoms with Crippen molar-refractivity contribution >= 4 is 39.8 Å². The van der Waals surface area contributed by atoms with Crippen molar-refractivity contribution in [1.29, 1.82) is 5.26 Å². The fourth-order valence-electron chi connectivity index (χ4n) is 1.33. The predicted octanol–water partition coefficient (Wildman–Crippen LogP) is 2.97. The van der Waals surface area contributed by atoms with Gasteiger partial charge in [-0.25, -0.2) is 0 Å². The van der Waals surface area contributed by atoms with Gasteiger partial charge in [0, 0.05) is 18.5 Å². The van der Waals surface area contributed by atoms with Crippen molar-refractivity contribution in [3.8, 4) is 6.07 Å². The van der Waals surface area contributed by atoms with Gasteiger partial charge in [-0.2, -0.15) is 5.26 Å². The van der Waals surface area contributed by atoms with E-state index >= 15 is 0 Å². The van der Waals surface area contributed by atoms with Crippen LogP contribution in [0, 0.1) is 20.1 Å². The molecular formula is C11H13IN2OS. The van der Waals surface area contributed by atoms with Crippen LogP contribution in [0.5, 0.6) is 0 Å². The smallest absolute Gasteiger partial charge is 0.254 e. The zero-order valence-electron chi connectivity index (χ0n) is 9.24. The van der Waals surface area contributed by atoms with Crippen molar-refractivity contribution in [2.24, 2.45) is 5.92 Å². The number of carbonyl (C=O) groups excluding carboxylic acids is 1. The Labute approximate surface area is 113 Å². The van der Waals surface area contributed by atoms with E-state index < -0.39 is 0 Å². The maximum absolute atomic E-state index is 12.1. The summed E-state index contributed by atoms with van der Waals surface area (Å²) in [4.78, 5) is 13.8. The van der Waals surface area contributed by atoms with Gasteiger partial charge >= 0.3 is 0 Å². The number of hydrogen-bond acceptors (Lipinski definition) is 3. The summed E-state index contributed by atoms with van der Waals surface area (Å²) in [6, 6.07) is 4.03. The van der Waals surface area contributed by atoms with Gasteiger partial charge in [0.25, 0.3) is 5.91 Å². The van der Waals surface area contributed by atoms with Crippen molar-refractivity contribution in [1.82, 2.24) is 4.90 Å². The normalized spacial score (nSPS) is 11.9. The van der Waals surface area contributed by atoms with Crippen LogP contribution < -0.4 is 0 Å². The van der Waals surface area contributed by atoms with Gasteiger partial charge in [0.1, 0.15) is 0 Å². The van der Waals surface area contributed by atoms with Crippen molar-refractivity contribution < 1.29 is 4.79 Å². The third-order valence-electron chi connectivity index (χ3n) is 2.20. The van der Waals surface area contributed by atoms with E-state index in [4.69, 9.17) is 5.26 Å². The Morgan fingerprint density at radius 2 is 2.44 bits per heavy atom. The number of carbonyl (C=O) groups is 1. The maximum Gasteiger partial charge on any atom is 0.254 e. The first-order chi connectivity index (χ1) is 7.58. The molecule has 5 heteroatoms. The molecule has 0 N–H and O–H groups in total. The zero-order chi connectivity index (χ0) is 12.1. The highest BCUT2D eigenvalue weighted by Gasteiger charge is 2.17. The lowest BCUT2D eigenvalue weighted by atomic mass is 10.2. The number of thiophene rings is 1. The van der Waals surface area contributed by atoms with Crippen LogP contribution in [0.2, 0.25) is 0 Å². The molecule has 1 amide bonds. The van der Waals surface area contributed by atoms with Crippen LogP contribution in [0.15, 0.2) is 11.4 Å². The maximum atomic E-state index is 12.1. The summed E-state index contributed by atoms with van der Waals surface area (Å²) in [5, 5.41) is 10.6. The summed E-state index contributed by atoms with van der Waals surface area (Å²) < 4.78 is 1.10. The molecule has 1 aromatic heterocycles. The quantitative estimate of drug-likeness (QED) is 0.786. The molecule has 0 aliphatic heterocycles. The van der Waals surface area contributed by atoms with E-state index in [2.05, 4.69) is 28.7 Å². The molecule has 16 heavy (non-hydrogen) atoms. The summed E-state index contributed by atoms with van der Waals surface area (Å²) >= 11 is 3.76. The monoisotopic (exact) mass is 348 g/mol. The van der Waals surface area contributed by atoms with E-state index in [-0.39, 0.29) is 11.8 Å². The van der Waals surface area contributed by atoms with Gasteiger partial charge in [0.2, 0.25) is 0 Å². The molecule has 0 unspecified atom stereocenters. The third kappa shape index (κ3) is 3.46. The minimum atomic E-state index is -0.124. The first-order valence-corrected chi connectivity index (χ1v) is 6.97. The van der Waals surface area contributed by atoms with Crippen LogP contribution in [0.3, 0.4) is 0 Å². The van der Waals surface area contributed by atoms with Gasteiger partial charge in [-0.3, -0.25) is 4.79 Å². The molecule has 0 aliphatic carbocycles. The van der Waals surface area contributed by atoms with E-state index in [1.165, 1.54) is 0 Å². The molecule has 0 saturated heterocycles. The van der Waals surface area contributed by atoms with E-state index in [9.17, 15) is 4.79 Å². The average molecular weight is 348 g/mol. The Morgan fingerprint density at radius 1 is 1.75 bits per heavy atom. The number of amides is 1. The summed E-state index contributed by atoms with van der Waals surface area (Å²) in [6.45, 7) is 4.89. The Kier molecular flexibility index (Phi) is 5.22. The Bertz CT molecular complexity index is 410. The molecule has 0 bridgehead atoms. The number of hydrogen-bond donors (Lipinski definition) is 0. The van der Waals surface area contributed by atoms with Crippen LogP contribution in [-0.4, -0.2) is 23.9 Å². The number of nitrogens with zero attached hydrogens (tertiary/aromatic N) is 2. The third-order valence-corrected chi connectivity index (χ3v) is 3.99. The van der Waals surface area contributed by atoms with Gasteiger partial charge in [-0.15, -0.1) is 11.3 Å². The van der Waals surface area contributed by atoms with Gasteiger partial charge in [0.15, 0.2) is 0 Å². The lowest BCUT2D eigenvalue weighted by Crippen LogP contribution is -2.34. The SMILES string of the molecule is CCN(C[C@@H](C)C#N)C(=O)c1csc(I)c1. The molecule has 3 nitrogen and oxygen atoms in total. The van der Waals surface area contributed by atoms with Crippen LogP contribution in [0.4, 0.5) is 0 Å². The first-order valence-electron chi connectivity index (χ1n) is 5.01. The molecule has 0 radical (unpaired) electrons. The Morgan fingerprint density at radius 3 is 2.88 bits per heavy atom. The molecule has 1 atom stereocenters. The number of nitriles is 1. The predicted molar refractivity (Wildman–Crippen MR) is 73.4 cm³/mol.